The molecular weight excluding hydrogens is 442 g/mol. The molecular formula is C23H23N5O4S. The molecule has 1 aliphatic heterocycles. The van der Waals surface area contributed by atoms with Gasteiger partial charge in [-0.05, 0) is 24.6 Å². The molecule has 1 unspecified atom stereocenters. The van der Waals surface area contributed by atoms with E-state index in [9.17, 15) is 9.59 Å². The van der Waals surface area contributed by atoms with Crippen LogP contribution in [0.5, 0.6) is 0 Å². The molecule has 0 radical (unpaired) electrons. The monoisotopic (exact) mass is 465 g/mol. The zero-order valence-corrected chi connectivity index (χ0v) is 18.8. The number of hydrogen-bond donors (Lipinski definition) is 2. The number of aromatic nitrogens is 3. The van der Waals surface area contributed by atoms with Crippen molar-refractivity contribution < 1.29 is 18.7 Å². The molecule has 9 nitrogen and oxygen atoms in total. The van der Waals surface area contributed by atoms with Crippen molar-refractivity contribution in [3.63, 3.8) is 0 Å². The quantitative estimate of drug-likeness (QED) is 0.282. The number of urea groups is 1. The number of carbonyl (C=O) groups excluding carboxylic acids is 2. The first-order chi connectivity index (χ1) is 16.1. The van der Waals surface area contributed by atoms with Crippen LogP contribution in [0.4, 0.5) is 4.79 Å². The van der Waals surface area contributed by atoms with E-state index in [-0.39, 0.29) is 12.4 Å². The van der Waals surface area contributed by atoms with Gasteiger partial charge in [0.1, 0.15) is 0 Å². The van der Waals surface area contributed by atoms with Crippen LogP contribution in [0.2, 0.25) is 0 Å². The topological polar surface area (TPSA) is 111 Å². The molecule has 1 aliphatic rings. The van der Waals surface area contributed by atoms with Crippen molar-refractivity contribution in [3.05, 3.63) is 78.2 Å². The van der Waals surface area contributed by atoms with Gasteiger partial charge in [0, 0.05) is 18.0 Å². The number of allylic oxidation sites excluding steroid dienone is 1. The Balaban J connectivity index is 1.68. The van der Waals surface area contributed by atoms with Gasteiger partial charge in [-0.3, -0.25) is 4.57 Å². The van der Waals surface area contributed by atoms with E-state index in [1.165, 1.54) is 11.8 Å². The molecule has 0 fully saturated rings. The largest absolute Gasteiger partial charge is 0.463 e. The van der Waals surface area contributed by atoms with Crippen LogP contribution in [0, 0.1) is 0 Å². The molecule has 2 aromatic heterocycles. The summed E-state index contributed by atoms with van der Waals surface area (Å²) in [5.41, 5.74) is 1.60. The Kier molecular flexibility index (Phi) is 6.94. The zero-order valence-electron chi connectivity index (χ0n) is 18.0. The number of thioether (sulfide) groups is 1. The van der Waals surface area contributed by atoms with Gasteiger partial charge in [0.25, 0.3) is 0 Å². The number of furan rings is 1. The van der Waals surface area contributed by atoms with E-state index in [2.05, 4.69) is 27.4 Å². The highest BCUT2D eigenvalue weighted by Gasteiger charge is 2.33. The third-order valence-corrected chi connectivity index (χ3v) is 5.89. The van der Waals surface area contributed by atoms with Crippen LogP contribution < -0.4 is 10.6 Å². The van der Waals surface area contributed by atoms with Crippen LogP contribution in [-0.2, 0) is 16.1 Å². The smallest absolute Gasteiger partial charge is 0.338 e. The van der Waals surface area contributed by atoms with Crippen molar-refractivity contribution in [2.45, 2.75) is 24.7 Å². The van der Waals surface area contributed by atoms with Crippen LogP contribution in [0.1, 0.15) is 18.5 Å². The van der Waals surface area contributed by atoms with Gasteiger partial charge >= 0.3 is 12.0 Å². The van der Waals surface area contributed by atoms with E-state index in [0.29, 0.717) is 34.6 Å². The molecule has 0 spiro atoms. The molecule has 2 N–H and O–H groups in total. The number of benzene rings is 1. The van der Waals surface area contributed by atoms with Gasteiger partial charge in [0.05, 0.1) is 24.5 Å². The second-order valence-electron chi connectivity index (χ2n) is 7.03. The molecule has 0 saturated heterocycles. The summed E-state index contributed by atoms with van der Waals surface area (Å²) in [6.45, 7) is 6.24. The molecule has 3 heterocycles. The first-order valence-electron chi connectivity index (χ1n) is 10.4. The van der Waals surface area contributed by atoms with E-state index in [1.807, 2.05) is 34.9 Å². The maximum atomic E-state index is 12.9. The van der Waals surface area contributed by atoms with Crippen molar-refractivity contribution in [2.75, 3.05) is 12.4 Å². The summed E-state index contributed by atoms with van der Waals surface area (Å²) < 4.78 is 12.6. The molecule has 1 atom stereocenters. The maximum Gasteiger partial charge on any atom is 0.338 e. The van der Waals surface area contributed by atoms with Gasteiger partial charge < -0.3 is 19.8 Å². The highest BCUT2D eigenvalue weighted by Crippen LogP contribution is 2.31. The standard InChI is InChI=1S/C23H23N5O4S/c1-3-12-28-20(17-11-8-13-32-17)26-27-23(28)33-14-16-18(21(29)31-4-2)19(25-22(30)24-16)15-9-6-5-7-10-15/h3,5-11,13,19H,1,4,12,14H2,2H3,(H2,24,25,30). The van der Waals surface area contributed by atoms with Crippen molar-refractivity contribution in [3.8, 4) is 11.6 Å². The lowest BCUT2D eigenvalue weighted by Crippen LogP contribution is -2.46. The lowest BCUT2D eigenvalue weighted by Gasteiger charge is -2.29. The average Bonchev–Trinajstić information content (AvgIpc) is 3.48. The van der Waals surface area contributed by atoms with E-state index >= 15 is 0 Å². The SMILES string of the molecule is C=CCn1c(SCC2=C(C(=O)OCC)C(c3ccccc3)NC(=O)N2)nnc1-c1ccco1. The number of esters is 1. The summed E-state index contributed by atoms with van der Waals surface area (Å²) in [7, 11) is 0. The lowest BCUT2D eigenvalue weighted by atomic mass is 9.95. The second-order valence-corrected chi connectivity index (χ2v) is 7.97. The summed E-state index contributed by atoms with van der Waals surface area (Å²) in [4.78, 5) is 25.3. The molecule has 0 bridgehead atoms. The number of nitrogens with zero attached hydrogens (tertiary/aromatic N) is 3. The number of hydrogen-bond acceptors (Lipinski definition) is 7. The van der Waals surface area contributed by atoms with E-state index in [4.69, 9.17) is 9.15 Å². The molecule has 170 valence electrons. The average molecular weight is 466 g/mol. The van der Waals surface area contributed by atoms with E-state index in [0.717, 1.165) is 5.56 Å². The Morgan fingerprint density at radius 3 is 2.79 bits per heavy atom. The number of amides is 2. The summed E-state index contributed by atoms with van der Waals surface area (Å²) >= 11 is 1.34. The third-order valence-electron chi connectivity index (χ3n) is 4.90. The van der Waals surface area contributed by atoms with Gasteiger partial charge in [-0.2, -0.15) is 0 Å². The fourth-order valence-corrected chi connectivity index (χ4v) is 4.41. The summed E-state index contributed by atoms with van der Waals surface area (Å²) in [6, 6.07) is 11.9. The summed E-state index contributed by atoms with van der Waals surface area (Å²) in [5.74, 6) is 0.942. The molecule has 1 aromatic carbocycles. The van der Waals surface area contributed by atoms with Crippen molar-refractivity contribution in [1.29, 1.82) is 0 Å². The second kappa shape index (κ2) is 10.2. The first kappa shape index (κ1) is 22.4. The lowest BCUT2D eigenvalue weighted by molar-refractivity contribution is -0.139. The van der Waals surface area contributed by atoms with Crippen LogP contribution in [-0.4, -0.2) is 39.1 Å². The molecule has 2 amide bonds. The summed E-state index contributed by atoms with van der Waals surface area (Å²) in [5, 5.41) is 14.7. The number of carbonyl (C=O) groups is 2. The van der Waals surface area contributed by atoms with Gasteiger partial charge in [-0.1, -0.05) is 48.2 Å². The Labute approximate surface area is 194 Å². The Morgan fingerprint density at radius 1 is 1.27 bits per heavy atom. The van der Waals surface area contributed by atoms with E-state index < -0.39 is 18.0 Å². The van der Waals surface area contributed by atoms with Gasteiger partial charge in [0.15, 0.2) is 10.9 Å². The fourth-order valence-electron chi connectivity index (χ4n) is 3.49. The van der Waals surface area contributed by atoms with Crippen molar-refractivity contribution in [1.82, 2.24) is 25.4 Å². The normalized spacial score (nSPS) is 15.7. The highest BCUT2D eigenvalue weighted by atomic mass is 32.2. The third kappa shape index (κ3) is 4.85. The Morgan fingerprint density at radius 2 is 2.09 bits per heavy atom. The number of ether oxygens (including phenoxy) is 1. The van der Waals surface area contributed by atoms with Crippen molar-refractivity contribution >= 4 is 23.8 Å². The van der Waals surface area contributed by atoms with Crippen molar-refractivity contribution in [2.24, 2.45) is 0 Å². The van der Waals surface area contributed by atoms with Gasteiger partial charge in [-0.15, -0.1) is 16.8 Å². The van der Waals surface area contributed by atoms with Crippen LogP contribution in [0.15, 0.2) is 82.2 Å². The molecule has 10 heteroatoms. The molecule has 0 saturated carbocycles. The van der Waals surface area contributed by atoms with Crippen LogP contribution in [0.25, 0.3) is 11.6 Å². The predicted octanol–water partition coefficient (Wildman–Crippen LogP) is 3.69. The molecule has 3 aromatic rings. The van der Waals surface area contributed by atoms with Gasteiger partial charge in [-0.25, -0.2) is 9.59 Å². The highest BCUT2D eigenvalue weighted by molar-refractivity contribution is 7.99. The zero-order chi connectivity index (χ0) is 23.2. The number of nitrogens with one attached hydrogen (secondary N) is 2. The minimum absolute atomic E-state index is 0.221. The molecule has 0 aliphatic carbocycles. The Bertz CT molecular complexity index is 1170. The minimum atomic E-state index is -0.626. The van der Waals surface area contributed by atoms with Gasteiger partial charge in [0.2, 0.25) is 5.82 Å². The first-order valence-corrected chi connectivity index (χ1v) is 11.3. The Hall–Kier alpha value is -3.79. The van der Waals surface area contributed by atoms with E-state index in [1.54, 1.807) is 31.4 Å². The molecule has 33 heavy (non-hydrogen) atoms. The molecule has 4 rings (SSSR count). The van der Waals surface area contributed by atoms with Crippen LogP contribution in [0.3, 0.4) is 0 Å². The minimum Gasteiger partial charge on any atom is -0.463 e. The maximum absolute atomic E-state index is 12.9. The van der Waals surface area contributed by atoms with Crippen LogP contribution >= 0.6 is 11.8 Å². The predicted molar refractivity (Wildman–Crippen MR) is 123 cm³/mol. The summed E-state index contributed by atoms with van der Waals surface area (Å²) in [6.07, 6.45) is 3.31. The fraction of sp³-hybridized carbons (Fsp3) is 0.217. The number of rotatable bonds is 9.